The van der Waals surface area contributed by atoms with Crippen molar-refractivity contribution in [3.8, 4) is 5.75 Å². The van der Waals surface area contributed by atoms with Gasteiger partial charge in [-0.3, -0.25) is 0 Å². The Morgan fingerprint density at radius 3 is 2.61 bits per heavy atom. The fourth-order valence-electron chi connectivity index (χ4n) is 3.37. The van der Waals surface area contributed by atoms with Crippen molar-refractivity contribution in [2.45, 2.75) is 39.0 Å². The molecule has 0 saturated heterocycles. The third-order valence-corrected chi connectivity index (χ3v) is 4.22. The topological polar surface area (TPSA) is 21.3 Å². The molecule has 2 nitrogen and oxygen atoms in total. The lowest BCUT2D eigenvalue weighted by atomic mass is 9.79. The molecule has 0 heterocycles. The van der Waals surface area contributed by atoms with Gasteiger partial charge in [0, 0.05) is 6.54 Å². The molecule has 0 unspecified atom stereocenters. The Morgan fingerprint density at radius 1 is 1.28 bits per heavy atom. The third kappa shape index (κ3) is 2.86. The molecule has 0 bridgehead atoms. The zero-order valence-electron chi connectivity index (χ0n) is 11.9. The predicted octanol–water partition coefficient (Wildman–Crippen LogP) is 3.33. The van der Waals surface area contributed by atoms with Gasteiger partial charge in [0.2, 0.25) is 0 Å². The SMILES string of the molecule is CNCC1(Cc2cc(C)ccc2OC)CCCC1. The van der Waals surface area contributed by atoms with Crippen LogP contribution < -0.4 is 10.1 Å². The maximum absolute atomic E-state index is 5.51. The second-order valence-corrected chi connectivity index (χ2v) is 5.73. The molecule has 0 atom stereocenters. The first kappa shape index (κ1) is 13.4. The van der Waals surface area contributed by atoms with Gasteiger partial charge >= 0.3 is 0 Å². The monoisotopic (exact) mass is 247 g/mol. The van der Waals surface area contributed by atoms with Crippen LogP contribution in [-0.2, 0) is 6.42 Å². The first-order valence-corrected chi connectivity index (χ1v) is 6.97. The summed E-state index contributed by atoms with van der Waals surface area (Å²) in [4.78, 5) is 0. The average Bonchev–Trinajstić information content (AvgIpc) is 2.78. The van der Waals surface area contributed by atoms with Gasteiger partial charge < -0.3 is 10.1 Å². The van der Waals surface area contributed by atoms with Crippen LogP contribution in [-0.4, -0.2) is 20.7 Å². The van der Waals surface area contributed by atoms with E-state index in [0.29, 0.717) is 5.41 Å². The van der Waals surface area contributed by atoms with Gasteiger partial charge in [-0.2, -0.15) is 0 Å². The summed E-state index contributed by atoms with van der Waals surface area (Å²) >= 11 is 0. The fourth-order valence-corrected chi connectivity index (χ4v) is 3.37. The summed E-state index contributed by atoms with van der Waals surface area (Å²) in [6.07, 6.45) is 6.56. The lowest BCUT2D eigenvalue weighted by Gasteiger charge is -2.29. The van der Waals surface area contributed by atoms with E-state index >= 15 is 0 Å². The van der Waals surface area contributed by atoms with Crippen LogP contribution in [0.2, 0.25) is 0 Å². The number of aryl methyl sites for hydroxylation is 1. The van der Waals surface area contributed by atoms with Crippen LogP contribution in [0.1, 0.15) is 36.8 Å². The van der Waals surface area contributed by atoms with Crippen molar-refractivity contribution in [1.29, 1.82) is 0 Å². The van der Waals surface area contributed by atoms with Crippen molar-refractivity contribution < 1.29 is 4.74 Å². The maximum atomic E-state index is 5.51. The Labute approximate surface area is 111 Å². The molecule has 2 rings (SSSR count). The van der Waals surface area contributed by atoms with Crippen molar-refractivity contribution in [2.75, 3.05) is 20.7 Å². The van der Waals surface area contributed by atoms with Crippen LogP contribution in [0.15, 0.2) is 18.2 Å². The predicted molar refractivity (Wildman–Crippen MR) is 76.3 cm³/mol. The Morgan fingerprint density at radius 2 is 2.00 bits per heavy atom. The minimum atomic E-state index is 0.440. The number of ether oxygens (including phenoxy) is 1. The smallest absolute Gasteiger partial charge is 0.122 e. The van der Waals surface area contributed by atoms with Crippen molar-refractivity contribution >= 4 is 0 Å². The first-order chi connectivity index (χ1) is 8.69. The van der Waals surface area contributed by atoms with E-state index in [1.807, 2.05) is 0 Å². The molecule has 100 valence electrons. The van der Waals surface area contributed by atoms with E-state index < -0.39 is 0 Å². The lowest BCUT2D eigenvalue weighted by molar-refractivity contribution is 0.281. The van der Waals surface area contributed by atoms with Crippen LogP contribution in [0, 0.1) is 12.3 Å². The van der Waals surface area contributed by atoms with E-state index in [1.165, 1.54) is 36.8 Å². The zero-order chi connectivity index (χ0) is 13.0. The summed E-state index contributed by atoms with van der Waals surface area (Å²) in [7, 11) is 3.83. The second-order valence-electron chi connectivity index (χ2n) is 5.73. The largest absolute Gasteiger partial charge is 0.496 e. The molecule has 0 amide bonds. The van der Waals surface area contributed by atoms with Gasteiger partial charge in [-0.15, -0.1) is 0 Å². The normalized spacial score (nSPS) is 17.9. The molecular formula is C16H25NO. The summed E-state index contributed by atoms with van der Waals surface area (Å²) in [5.74, 6) is 1.04. The number of nitrogens with one attached hydrogen (secondary N) is 1. The molecule has 18 heavy (non-hydrogen) atoms. The molecule has 2 heteroatoms. The standard InChI is InChI=1S/C16H25NO/c1-13-6-7-15(18-3)14(10-13)11-16(12-17-2)8-4-5-9-16/h6-7,10,17H,4-5,8-9,11-12H2,1-3H3. The molecule has 1 saturated carbocycles. The molecule has 1 fully saturated rings. The number of benzene rings is 1. The zero-order valence-corrected chi connectivity index (χ0v) is 11.9. The summed E-state index contributed by atoms with van der Waals surface area (Å²) in [6, 6.07) is 6.52. The molecule has 0 aromatic heterocycles. The highest BCUT2D eigenvalue weighted by molar-refractivity contribution is 5.37. The third-order valence-electron chi connectivity index (χ3n) is 4.22. The average molecular weight is 247 g/mol. The highest BCUT2D eigenvalue weighted by Gasteiger charge is 2.33. The van der Waals surface area contributed by atoms with Crippen molar-refractivity contribution in [2.24, 2.45) is 5.41 Å². The number of hydrogen-bond donors (Lipinski definition) is 1. The summed E-state index contributed by atoms with van der Waals surface area (Å²) in [5, 5.41) is 3.38. The molecule has 0 aliphatic heterocycles. The van der Waals surface area contributed by atoms with Gasteiger partial charge in [-0.25, -0.2) is 0 Å². The van der Waals surface area contributed by atoms with Gasteiger partial charge in [0.25, 0.3) is 0 Å². The van der Waals surface area contributed by atoms with Gasteiger partial charge in [0.1, 0.15) is 5.75 Å². The number of hydrogen-bond acceptors (Lipinski definition) is 2. The van der Waals surface area contributed by atoms with E-state index in [-0.39, 0.29) is 0 Å². The molecule has 0 radical (unpaired) electrons. The summed E-state index contributed by atoms with van der Waals surface area (Å²) in [6.45, 7) is 3.27. The number of methoxy groups -OCH3 is 1. The van der Waals surface area contributed by atoms with Gasteiger partial charge in [0.15, 0.2) is 0 Å². The van der Waals surface area contributed by atoms with Crippen LogP contribution in [0.4, 0.5) is 0 Å². The highest BCUT2D eigenvalue weighted by Crippen LogP contribution is 2.42. The van der Waals surface area contributed by atoms with Crippen LogP contribution >= 0.6 is 0 Å². The molecule has 1 aliphatic carbocycles. The Hall–Kier alpha value is -1.02. The second kappa shape index (κ2) is 5.75. The molecule has 1 N–H and O–H groups in total. The quantitative estimate of drug-likeness (QED) is 0.861. The summed E-state index contributed by atoms with van der Waals surface area (Å²) in [5.41, 5.74) is 3.13. The fraction of sp³-hybridized carbons (Fsp3) is 0.625. The van der Waals surface area contributed by atoms with Crippen LogP contribution in [0.5, 0.6) is 5.75 Å². The minimum Gasteiger partial charge on any atom is -0.496 e. The van der Waals surface area contributed by atoms with Crippen molar-refractivity contribution in [1.82, 2.24) is 5.32 Å². The van der Waals surface area contributed by atoms with Crippen LogP contribution in [0.25, 0.3) is 0 Å². The number of rotatable bonds is 5. The van der Waals surface area contributed by atoms with Gasteiger partial charge in [-0.1, -0.05) is 30.5 Å². The molecule has 1 aromatic carbocycles. The van der Waals surface area contributed by atoms with Crippen molar-refractivity contribution in [3.63, 3.8) is 0 Å². The molecule has 0 spiro atoms. The summed E-state index contributed by atoms with van der Waals surface area (Å²) < 4.78 is 5.51. The van der Waals surface area contributed by atoms with Gasteiger partial charge in [0.05, 0.1) is 7.11 Å². The van der Waals surface area contributed by atoms with E-state index in [1.54, 1.807) is 7.11 Å². The van der Waals surface area contributed by atoms with E-state index in [9.17, 15) is 0 Å². The molecular weight excluding hydrogens is 222 g/mol. The van der Waals surface area contributed by atoms with E-state index in [2.05, 4.69) is 37.5 Å². The lowest BCUT2D eigenvalue weighted by Crippen LogP contribution is -2.32. The minimum absolute atomic E-state index is 0.440. The van der Waals surface area contributed by atoms with Gasteiger partial charge in [-0.05, 0) is 50.3 Å². The highest BCUT2D eigenvalue weighted by atomic mass is 16.5. The Balaban J connectivity index is 2.23. The Kier molecular flexibility index (Phi) is 4.28. The van der Waals surface area contributed by atoms with E-state index in [0.717, 1.165) is 18.7 Å². The Bertz CT molecular complexity index is 394. The van der Waals surface area contributed by atoms with Crippen molar-refractivity contribution in [3.05, 3.63) is 29.3 Å². The van der Waals surface area contributed by atoms with E-state index in [4.69, 9.17) is 4.74 Å². The maximum Gasteiger partial charge on any atom is 0.122 e. The first-order valence-electron chi connectivity index (χ1n) is 6.97. The van der Waals surface area contributed by atoms with Crippen LogP contribution in [0.3, 0.4) is 0 Å². The molecule has 1 aromatic rings. The molecule has 1 aliphatic rings.